The third-order valence-corrected chi connectivity index (χ3v) is 5.30. The molecule has 1 aromatic heterocycles. The highest BCUT2D eigenvalue weighted by molar-refractivity contribution is 7.94. The number of sulfonamides is 1. The summed E-state index contributed by atoms with van der Waals surface area (Å²) in [6.07, 6.45) is -4.64. The predicted molar refractivity (Wildman–Crippen MR) is 73.1 cm³/mol. The topological polar surface area (TPSA) is 55.4 Å². The van der Waals surface area contributed by atoms with E-state index < -0.39 is 21.8 Å². The zero-order valence-corrected chi connectivity index (χ0v) is 12.3. The van der Waals surface area contributed by atoms with Crippen LogP contribution >= 0.6 is 11.3 Å². The summed E-state index contributed by atoms with van der Waals surface area (Å²) in [6, 6.07) is 5.87. The van der Waals surface area contributed by atoms with Crippen LogP contribution in [0.2, 0.25) is 0 Å². The lowest BCUT2D eigenvalue weighted by Crippen LogP contribution is -2.13. The van der Waals surface area contributed by atoms with Gasteiger partial charge in [0.05, 0.1) is 12.7 Å². The predicted octanol–water partition coefficient (Wildman–Crippen LogP) is 3.58. The Morgan fingerprint density at radius 2 is 1.95 bits per heavy atom. The van der Waals surface area contributed by atoms with Crippen LogP contribution in [0.3, 0.4) is 0 Å². The van der Waals surface area contributed by atoms with Gasteiger partial charge < -0.3 is 4.74 Å². The highest BCUT2D eigenvalue weighted by Crippen LogP contribution is 2.38. The second-order valence-corrected chi connectivity index (χ2v) is 6.81. The third-order valence-electron chi connectivity index (χ3n) is 2.52. The molecule has 2 rings (SSSR count). The van der Waals surface area contributed by atoms with Gasteiger partial charge in [-0.1, -0.05) is 6.07 Å². The molecule has 0 atom stereocenters. The molecule has 0 fully saturated rings. The van der Waals surface area contributed by atoms with E-state index in [1.807, 2.05) is 0 Å². The molecule has 0 unspecified atom stereocenters. The van der Waals surface area contributed by atoms with Gasteiger partial charge >= 0.3 is 6.18 Å². The molecule has 4 nitrogen and oxygen atoms in total. The molecule has 0 amide bonds. The molecule has 0 aliphatic rings. The minimum absolute atomic E-state index is 0.0203. The number of thiophene rings is 1. The first kappa shape index (κ1) is 15.6. The minimum atomic E-state index is -4.64. The zero-order valence-electron chi connectivity index (χ0n) is 10.6. The van der Waals surface area contributed by atoms with Crippen molar-refractivity contribution < 1.29 is 26.3 Å². The molecule has 1 heterocycles. The Hall–Kier alpha value is -1.74. The van der Waals surface area contributed by atoms with E-state index in [-0.39, 0.29) is 15.6 Å². The first-order valence-electron chi connectivity index (χ1n) is 5.55. The smallest absolute Gasteiger partial charge is 0.420 e. The van der Waals surface area contributed by atoms with Crippen molar-refractivity contribution in [3.05, 3.63) is 41.3 Å². The fourth-order valence-corrected chi connectivity index (χ4v) is 3.66. The van der Waals surface area contributed by atoms with E-state index in [2.05, 4.69) is 9.46 Å². The quantitative estimate of drug-likeness (QED) is 0.928. The van der Waals surface area contributed by atoms with Crippen LogP contribution in [0.5, 0.6) is 5.75 Å². The number of halogens is 3. The molecule has 0 spiro atoms. The van der Waals surface area contributed by atoms with Gasteiger partial charge in [-0.15, -0.1) is 11.3 Å². The summed E-state index contributed by atoms with van der Waals surface area (Å²) in [5.74, 6) is -0.374. The van der Waals surface area contributed by atoms with Gasteiger partial charge in [0.25, 0.3) is 10.0 Å². The number of alkyl halides is 3. The maximum Gasteiger partial charge on any atom is 0.420 e. The van der Waals surface area contributed by atoms with E-state index in [0.29, 0.717) is 6.07 Å². The summed E-state index contributed by atoms with van der Waals surface area (Å²) in [6.45, 7) is 0. The summed E-state index contributed by atoms with van der Waals surface area (Å²) in [4.78, 5) is 0. The average molecular weight is 337 g/mol. The molecule has 0 saturated heterocycles. The van der Waals surface area contributed by atoms with Crippen LogP contribution in [0.1, 0.15) is 5.56 Å². The van der Waals surface area contributed by atoms with Crippen molar-refractivity contribution in [3.63, 3.8) is 0 Å². The number of benzene rings is 1. The van der Waals surface area contributed by atoms with Crippen molar-refractivity contribution in [1.29, 1.82) is 0 Å². The number of hydrogen-bond donors (Lipinski definition) is 1. The van der Waals surface area contributed by atoms with Crippen molar-refractivity contribution in [3.8, 4) is 5.75 Å². The number of rotatable bonds is 4. The minimum Gasteiger partial charge on any atom is -0.496 e. The number of hydrogen-bond acceptors (Lipinski definition) is 4. The first-order valence-corrected chi connectivity index (χ1v) is 7.92. The Labute approximate surface area is 123 Å². The molecular formula is C12H10F3NO3S2. The van der Waals surface area contributed by atoms with E-state index in [1.54, 1.807) is 5.38 Å². The monoisotopic (exact) mass is 337 g/mol. The van der Waals surface area contributed by atoms with Crippen molar-refractivity contribution in [2.24, 2.45) is 0 Å². The van der Waals surface area contributed by atoms with Gasteiger partial charge in [0.1, 0.15) is 9.96 Å². The van der Waals surface area contributed by atoms with Crippen molar-refractivity contribution in [2.45, 2.75) is 10.4 Å². The second kappa shape index (κ2) is 5.57. The summed E-state index contributed by atoms with van der Waals surface area (Å²) < 4.78 is 69.3. The molecule has 0 bridgehead atoms. The highest BCUT2D eigenvalue weighted by atomic mass is 32.2. The van der Waals surface area contributed by atoms with Crippen LogP contribution < -0.4 is 9.46 Å². The number of anilines is 1. The SMILES string of the molecule is COc1ccc(NS(=O)(=O)c2cccs2)cc1C(F)(F)F. The Kier molecular flexibility index (Phi) is 4.15. The molecule has 1 aromatic carbocycles. The van der Waals surface area contributed by atoms with E-state index in [0.717, 1.165) is 24.5 Å². The first-order chi connectivity index (χ1) is 9.74. The summed E-state index contributed by atoms with van der Waals surface area (Å²) in [5, 5.41) is 1.56. The maximum atomic E-state index is 12.9. The zero-order chi connectivity index (χ0) is 15.7. The third kappa shape index (κ3) is 3.48. The van der Waals surface area contributed by atoms with Crippen molar-refractivity contribution >= 4 is 27.0 Å². The lowest BCUT2D eigenvalue weighted by Gasteiger charge is -2.14. The van der Waals surface area contributed by atoms with Gasteiger partial charge in [-0.3, -0.25) is 4.72 Å². The van der Waals surface area contributed by atoms with E-state index in [1.165, 1.54) is 18.2 Å². The number of nitrogens with one attached hydrogen (secondary N) is 1. The van der Waals surface area contributed by atoms with E-state index in [4.69, 9.17) is 0 Å². The molecule has 1 N–H and O–H groups in total. The molecule has 9 heteroatoms. The van der Waals surface area contributed by atoms with Crippen LogP contribution in [0.4, 0.5) is 18.9 Å². The largest absolute Gasteiger partial charge is 0.496 e. The van der Waals surface area contributed by atoms with E-state index in [9.17, 15) is 21.6 Å². The fraction of sp³-hybridized carbons (Fsp3) is 0.167. The lowest BCUT2D eigenvalue weighted by atomic mass is 10.1. The molecule has 0 saturated carbocycles. The summed E-state index contributed by atoms with van der Waals surface area (Å²) in [5.41, 5.74) is -1.23. The Morgan fingerprint density at radius 3 is 2.48 bits per heavy atom. The van der Waals surface area contributed by atoms with Gasteiger partial charge in [0.15, 0.2) is 0 Å². The Morgan fingerprint density at radius 1 is 1.24 bits per heavy atom. The summed E-state index contributed by atoms with van der Waals surface area (Å²) in [7, 11) is -2.78. The molecule has 2 aromatic rings. The molecule has 21 heavy (non-hydrogen) atoms. The number of ether oxygens (including phenoxy) is 1. The molecule has 0 aliphatic heterocycles. The average Bonchev–Trinajstić information content (AvgIpc) is 2.92. The normalized spacial score (nSPS) is 12.2. The maximum absolute atomic E-state index is 12.9. The second-order valence-electron chi connectivity index (χ2n) is 3.95. The van der Waals surface area contributed by atoms with Crippen LogP contribution in [0.25, 0.3) is 0 Å². The highest BCUT2D eigenvalue weighted by Gasteiger charge is 2.34. The van der Waals surface area contributed by atoms with Crippen LogP contribution in [-0.2, 0) is 16.2 Å². The molecular weight excluding hydrogens is 327 g/mol. The van der Waals surface area contributed by atoms with Gasteiger partial charge in [0.2, 0.25) is 0 Å². The molecule has 0 aliphatic carbocycles. The van der Waals surface area contributed by atoms with Crippen molar-refractivity contribution in [1.82, 2.24) is 0 Å². The van der Waals surface area contributed by atoms with Gasteiger partial charge in [-0.2, -0.15) is 13.2 Å². The fourth-order valence-electron chi connectivity index (χ4n) is 1.61. The Bertz CT molecular complexity index is 725. The van der Waals surface area contributed by atoms with Crippen LogP contribution in [-0.4, -0.2) is 15.5 Å². The Balaban J connectivity index is 2.38. The lowest BCUT2D eigenvalue weighted by molar-refractivity contribution is -0.138. The van der Waals surface area contributed by atoms with Gasteiger partial charge in [-0.25, -0.2) is 8.42 Å². The van der Waals surface area contributed by atoms with E-state index >= 15 is 0 Å². The van der Waals surface area contributed by atoms with Gasteiger partial charge in [-0.05, 0) is 29.6 Å². The standard InChI is InChI=1S/C12H10F3NO3S2/c1-19-10-5-4-8(7-9(10)12(13,14)15)16-21(17,18)11-3-2-6-20-11/h2-7,16H,1H3. The van der Waals surface area contributed by atoms with Crippen molar-refractivity contribution in [2.75, 3.05) is 11.8 Å². The molecule has 114 valence electrons. The number of methoxy groups -OCH3 is 1. The van der Waals surface area contributed by atoms with Gasteiger partial charge in [0, 0.05) is 5.69 Å². The summed E-state index contributed by atoms with van der Waals surface area (Å²) >= 11 is 0.969. The van der Waals surface area contributed by atoms with Crippen LogP contribution in [0.15, 0.2) is 39.9 Å². The van der Waals surface area contributed by atoms with Crippen LogP contribution in [0, 0.1) is 0 Å². The molecule has 0 radical (unpaired) electrons.